The number of amides is 2. The maximum Gasteiger partial charge on any atom is 0.261 e. The summed E-state index contributed by atoms with van der Waals surface area (Å²) in [5.74, 6) is 0.420. The molecule has 4 nitrogen and oxygen atoms in total. The van der Waals surface area contributed by atoms with Crippen molar-refractivity contribution in [1.29, 1.82) is 0 Å². The fraction of sp³-hybridized carbons (Fsp3) is 0.200. The molecule has 0 radical (unpaired) electrons. The van der Waals surface area contributed by atoms with Gasteiger partial charge in [0.2, 0.25) is 0 Å². The fourth-order valence-corrected chi connectivity index (χ4v) is 3.73. The molecule has 0 fully saturated rings. The molecule has 0 saturated heterocycles. The van der Waals surface area contributed by atoms with E-state index in [4.69, 9.17) is 4.74 Å². The highest BCUT2D eigenvalue weighted by molar-refractivity contribution is 6.26. The number of unbranched alkanes of at least 4 members (excludes halogenated alkanes) is 1. The number of benzene rings is 3. The lowest BCUT2D eigenvalue weighted by molar-refractivity contribution is 0.0608. The largest absolute Gasteiger partial charge is 0.497 e. The minimum Gasteiger partial charge on any atom is -0.497 e. The first-order chi connectivity index (χ1) is 14.1. The summed E-state index contributed by atoms with van der Waals surface area (Å²) in [5.41, 5.74) is 3.23. The maximum atomic E-state index is 12.9. The Morgan fingerprint density at radius 3 is 2.31 bits per heavy atom. The Hall–Kier alpha value is -3.40. The highest BCUT2D eigenvalue weighted by atomic mass is 16.5. The Kier molecular flexibility index (Phi) is 5.17. The molecule has 2 amide bonds. The number of nitrogens with zero attached hydrogens (tertiary/aromatic N) is 1. The number of hydrogen-bond acceptors (Lipinski definition) is 3. The maximum absolute atomic E-state index is 12.9. The predicted molar refractivity (Wildman–Crippen MR) is 116 cm³/mol. The molecule has 4 heteroatoms. The van der Waals surface area contributed by atoms with Crippen LogP contribution in [0.2, 0.25) is 0 Å². The number of carbonyl (C=O) groups is 2. The quantitative estimate of drug-likeness (QED) is 0.421. The molecule has 0 atom stereocenters. The zero-order valence-electron chi connectivity index (χ0n) is 16.6. The molecule has 1 heterocycles. The third kappa shape index (κ3) is 3.42. The van der Waals surface area contributed by atoms with Crippen molar-refractivity contribution in [2.24, 2.45) is 0 Å². The number of imide groups is 1. The van der Waals surface area contributed by atoms with Gasteiger partial charge in [-0.1, -0.05) is 55.8 Å². The fourth-order valence-electron chi connectivity index (χ4n) is 3.73. The van der Waals surface area contributed by atoms with Gasteiger partial charge in [0.05, 0.1) is 7.11 Å². The normalized spacial score (nSPS) is 13.5. The van der Waals surface area contributed by atoms with Crippen LogP contribution in [0.15, 0.2) is 54.6 Å². The first-order valence-corrected chi connectivity index (χ1v) is 9.88. The number of ether oxygens (including phenoxy) is 1. The summed E-state index contributed by atoms with van der Waals surface area (Å²) in [5, 5.41) is 1.67. The van der Waals surface area contributed by atoms with E-state index < -0.39 is 0 Å². The molecule has 0 unspecified atom stereocenters. The predicted octanol–water partition coefficient (Wildman–Crippen LogP) is 5.41. The lowest BCUT2D eigenvalue weighted by atomic mass is 9.91. The van der Waals surface area contributed by atoms with Crippen LogP contribution in [0.25, 0.3) is 22.9 Å². The summed E-state index contributed by atoms with van der Waals surface area (Å²) in [7, 11) is 1.64. The van der Waals surface area contributed by atoms with Crippen molar-refractivity contribution >= 4 is 34.7 Å². The van der Waals surface area contributed by atoms with Crippen molar-refractivity contribution in [1.82, 2.24) is 4.90 Å². The summed E-state index contributed by atoms with van der Waals surface area (Å²) >= 11 is 0. The second kappa shape index (κ2) is 7.92. The van der Waals surface area contributed by atoms with Gasteiger partial charge in [0.15, 0.2) is 0 Å². The molecule has 1 aliphatic rings. The minimum absolute atomic E-state index is 0.196. The van der Waals surface area contributed by atoms with Crippen LogP contribution in [0.1, 0.15) is 51.6 Å². The lowest BCUT2D eigenvalue weighted by Crippen LogP contribution is -2.40. The Morgan fingerprint density at radius 1 is 0.897 bits per heavy atom. The monoisotopic (exact) mass is 385 g/mol. The highest BCUT2D eigenvalue weighted by Gasteiger charge is 2.32. The molecule has 0 aromatic heterocycles. The van der Waals surface area contributed by atoms with Crippen LogP contribution < -0.4 is 4.74 Å². The van der Waals surface area contributed by atoms with E-state index in [9.17, 15) is 9.59 Å². The van der Waals surface area contributed by atoms with Gasteiger partial charge in [0.1, 0.15) is 5.75 Å². The smallest absolute Gasteiger partial charge is 0.261 e. The zero-order valence-corrected chi connectivity index (χ0v) is 16.6. The first kappa shape index (κ1) is 18.9. The number of methoxy groups -OCH3 is 1. The number of hydrogen-bond donors (Lipinski definition) is 0. The molecule has 0 spiro atoms. The minimum atomic E-state index is -0.196. The van der Waals surface area contributed by atoms with E-state index in [0.717, 1.165) is 40.5 Å². The topological polar surface area (TPSA) is 46.6 Å². The molecule has 3 aromatic carbocycles. The number of carbonyl (C=O) groups excluding carboxylic acids is 2. The lowest BCUT2D eigenvalue weighted by Gasteiger charge is -2.27. The van der Waals surface area contributed by atoms with Crippen molar-refractivity contribution in [2.45, 2.75) is 19.8 Å². The van der Waals surface area contributed by atoms with Gasteiger partial charge in [-0.2, -0.15) is 0 Å². The standard InChI is InChI=1S/C25H23NO3/c1-3-4-16-26-24(27)21-7-5-6-20-18(12-15-22(23(20)21)25(26)28)11-8-17-9-13-19(29-2)14-10-17/h5-15H,3-4,16H2,1-2H3/b11-8+. The summed E-state index contributed by atoms with van der Waals surface area (Å²) in [6.45, 7) is 2.51. The van der Waals surface area contributed by atoms with Crippen LogP contribution >= 0.6 is 0 Å². The summed E-state index contributed by atoms with van der Waals surface area (Å²) in [6, 6.07) is 17.3. The third-order valence-electron chi connectivity index (χ3n) is 5.33. The Morgan fingerprint density at radius 2 is 1.62 bits per heavy atom. The zero-order chi connectivity index (χ0) is 20.4. The molecular weight excluding hydrogens is 362 g/mol. The molecule has 146 valence electrons. The molecule has 3 aromatic rings. The average Bonchev–Trinajstić information content (AvgIpc) is 2.76. The van der Waals surface area contributed by atoms with Crippen LogP contribution in [-0.4, -0.2) is 30.4 Å². The van der Waals surface area contributed by atoms with Gasteiger partial charge in [-0.15, -0.1) is 0 Å². The van der Waals surface area contributed by atoms with Crippen molar-refractivity contribution < 1.29 is 14.3 Å². The van der Waals surface area contributed by atoms with Crippen molar-refractivity contribution in [3.63, 3.8) is 0 Å². The van der Waals surface area contributed by atoms with E-state index >= 15 is 0 Å². The molecule has 0 N–H and O–H groups in total. The first-order valence-electron chi connectivity index (χ1n) is 9.88. The number of rotatable bonds is 6. The van der Waals surface area contributed by atoms with Crippen LogP contribution in [-0.2, 0) is 0 Å². The van der Waals surface area contributed by atoms with Crippen LogP contribution in [0.3, 0.4) is 0 Å². The van der Waals surface area contributed by atoms with E-state index in [0.29, 0.717) is 17.7 Å². The Balaban J connectivity index is 1.75. The van der Waals surface area contributed by atoms with E-state index in [1.54, 1.807) is 7.11 Å². The molecule has 4 rings (SSSR count). The Labute approximate surface area is 170 Å². The van der Waals surface area contributed by atoms with E-state index in [-0.39, 0.29) is 11.8 Å². The second-order valence-electron chi connectivity index (χ2n) is 7.15. The summed E-state index contributed by atoms with van der Waals surface area (Å²) < 4.78 is 5.20. The van der Waals surface area contributed by atoms with Crippen molar-refractivity contribution in [3.8, 4) is 5.75 Å². The molecule has 0 saturated carbocycles. The van der Waals surface area contributed by atoms with Crippen molar-refractivity contribution in [2.75, 3.05) is 13.7 Å². The highest BCUT2D eigenvalue weighted by Crippen LogP contribution is 2.33. The SMILES string of the molecule is CCCCN1C(=O)c2cccc3c(/C=C/c4ccc(OC)cc4)ccc(c23)C1=O. The molecule has 0 bridgehead atoms. The van der Waals surface area contributed by atoms with Gasteiger partial charge in [0.25, 0.3) is 11.8 Å². The molecule has 0 aliphatic carbocycles. The van der Waals surface area contributed by atoms with Gasteiger partial charge >= 0.3 is 0 Å². The van der Waals surface area contributed by atoms with E-state index in [1.165, 1.54) is 4.90 Å². The van der Waals surface area contributed by atoms with Gasteiger partial charge in [-0.05, 0) is 47.2 Å². The second-order valence-corrected chi connectivity index (χ2v) is 7.15. The van der Waals surface area contributed by atoms with Gasteiger partial charge < -0.3 is 4.74 Å². The van der Waals surface area contributed by atoms with Gasteiger partial charge in [-0.3, -0.25) is 14.5 Å². The van der Waals surface area contributed by atoms with Crippen LogP contribution in [0.4, 0.5) is 0 Å². The molecule has 1 aliphatic heterocycles. The summed E-state index contributed by atoms with van der Waals surface area (Å²) in [4.78, 5) is 27.3. The van der Waals surface area contributed by atoms with Gasteiger partial charge in [0, 0.05) is 23.1 Å². The average molecular weight is 385 g/mol. The molecule has 29 heavy (non-hydrogen) atoms. The summed E-state index contributed by atoms with van der Waals surface area (Å²) in [6.07, 6.45) is 5.78. The van der Waals surface area contributed by atoms with Crippen molar-refractivity contribution in [3.05, 3.63) is 76.9 Å². The van der Waals surface area contributed by atoms with Gasteiger partial charge in [-0.25, -0.2) is 0 Å². The van der Waals surface area contributed by atoms with E-state index in [1.807, 2.05) is 66.7 Å². The molecular formula is C25H23NO3. The van der Waals surface area contributed by atoms with Crippen LogP contribution in [0, 0.1) is 0 Å². The van der Waals surface area contributed by atoms with Crippen LogP contribution in [0.5, 0.6) is 5.75 Å². The van der Waals surface area contributed by atoms with E-state index in [2.05, 4.69) is 6.92 Å². The Bertz CT molecular complexity index is 1090. The third-order valence-corrected chi connectivity index (χ3v) is 5.33.